The van der Waals surface area contributed by atoms with Crippen LogP contribution in [0.5, 0.6) is 5.75 Å². The molecule has 10 heteroatoms. The largest absolute Gasteiger partial charge is 0.490 e. The van der Waals surface area contributed by atoms with Crippen molar-refractivity contribution in [3.63, 3.8) is 0 Å². The highest BCUT2D eigenvalue weighted by molar-refractivity contribution is 6.33. The summed E-state index contributed by atoms with van der Waals surface area (Å²) in [6, 6.07) is 6.03. The Hall–Kier alpha value is -2.93. The van der Waals surface area contributed by atoms with Gasteiger partial charge in [0, 0.05) is 38.3 Å². The topological polar surface area (TPSA) is 87.0 Å². The van der Waals surface area contributed by atoms with Gasteiger partial charge in [-0.25, -0.2) is 14.8 Å². The molecule has 4 fully saturated rings. The lowest BCUT2D eigenvalue weighted by Gasteiger charge is -2.57. The van der Waals surface area contributed by atoms with Crippen molar-refractivity contribution in [2.75, 3.05) is 44.2 Å². The molecule has 2 N–H and O–H groups in total. The number of hydrogen-bond acceptors (Lipinski definition) is 7. The molecule has 0 unspecified atom stereocenters. The molecular formula is C30H38ClN7O2. The molecule has 0 atom stereocenters. The van der Waals surface area contributed by atoms with E-state index in [0.29, 0.717) is 27.6 Å². The molecule has 2 aromatic rings. The highest BCUT2D eigenvalue weighted by Crippen LogP contribution is 2.43. The molecule has 1 spiro atoms. The lowest BCUT2D eigenvalue weighted by atomic mass is 9.71. The van der Waals surface area contributed by atoms with E-state index in [9.17, 15) is 4.79 Å². The molecular weight excluding hydrogens is 526 g/mol. The minimum Gasteiger partial charge on any atom is -0.490 e. The number of halogens is 1. The van der Waals surface area contributed by atoms with Crippen LogP contribution in [0.25, 0.3) is 4.85 Å². The molecule has 9 nitrogen and oxygen atoms in total. The summed E-state index contributed by atoms with van der Waals surface area (Å²) in [7, 11) is 0. The number of nitrogens with one attached hydrogen (secondary N) is 2. The number of amides is 1. The summed E-state index contributed by atoms with van der Waals surface area (Å²) in [6.07, 6.45) is 11.7. The van der Waals surface area contributed by atoms with Crippen molar-refractivity contribution in [2.24, 2.45) is 5.41 Å². The maximum absolute atomic E-state index is 12.9. The van der Waals surface area contributed by atoms with Crippen LogP contribution >= 0.6 is 11.6 Å². The van der Waals surface area contributed by atoms with Gasteiger partial charge in [-0.05, 0) is 82.0 Å². The van der Waals surface area contributed by atoms with Gasteiger partial charge in [0.1, 0.15) is 17.3 Å². The summed E-state index contributed by atoms with van der Waals surface area (Å²) in [4.78, 5) is 30.3. The predicted octanol–water partition coefficient (Wildman–Crippen LogP) is 4.45. The molecule has 3 saturated heterocycles. The van der Waals surface area contributed by atoms with Crippen LogP contribution in [0.4, 0.5) is 11.5 Å². The zero-order chi connectivity index (χ0) is 27.5. The van der Waals surface area contributed by atoms with Gasteiger partial charge in [0.05, 0.1) is 30.1 Å². The van der Waals surface area contributed by atoms with E-state index in [4.69, 9.17) is 22.9 Å². The number of ether oxygens (including phenoxy) is 1. The number of carbonyl (C=O) groups excluding carboxylic acids is 1. The Morgan fingerprint density at radius 2 is 1.82 bits per heavy atom. The van der Waals surface area contributed by atoms with Crippen LogP contribution in [0.2, 0.25) is 5.02 Å². The fraction of sp³-hybridized carbons (Fsp3) is 0.600. The van der Waals surface area contributed by atoms with E-state index in [1.807, 2.05) is 0 Å². The molecule has 1 aliphatic carbocycles. The number of anilines is 1. The summed E-state index contributed by atoms with van der Waals surface area (Å²) in [6.45, 7) is 13.9. The third-order valence-electron chi connectivity index (χ3n) is 9.27. The van der Waals surface area contributed by atoms with Crippen LogP contribution in [-0.2, 0) is 0 Å². The smallest absolute Gasteiger partial charge is 0.271 e. The quantitative estimate of drug-likeness (QED) is 0.502. The molecule has 0 radical (unpaired) electrons. The Balaban J connectivity index is 0.931. The molecule has 1 saturated carbocycles. The number of carbonyl (C=O) groups is 1. The second-order valence-electron chi connectivity index (χ2n) is 11.9. The number of piperidine rings is 2. The van der Waals surface area contributed by atoms with Gasteiger partial charge in [0.15, 0.2) is 0 Å². The average Bonchev–Trinajstić information content (AvgIpc) is 2.98. The van der Waals surface area contributed by atoms with Crippen LogP contribution in [0.1, 0.15) is 61.9 Å². The van der Waals surface area contributed by atoms with Gasteiger partial charge in [0.2, 0.25) is 5.69 Å². The molecule has 1 aromatic carbocycles. The number of hydrogen-bond donors (Lipinski definition) is 2. The minimum absolute atomic E-state index is 0.0679. The normalized spacial score (nSPS) is 25.1. The summed E-state index contributed by atoms with van der Waals surface area (Å²) in [5.41, 5.74) is 1.27. The first-order valence-electron chi connectivity index (χ1n) is 14.7. The van der Waals surface area contributed by atoms with Crippen molar-refractivity contribution in [2.45, 2.75) is 69.6 Å². The van der Waals surface area contributed by atoms with Crippen LogP contribution in [-0.4, -0.2) is 78.2 Å². The summed E-state index contributed by atoms with van der Waals surface area (Å²) in [5, 5.41) is 7.00. The van der Waals surface area contributed by atoms with E-state index in [2.05, 4.69) is 35.2 Å². The van der Waals surface area contributed by atoms with E-state index in [1.54, 1.807) is 30.6 Å². The predicted molar refractivity (Wildman–Crippen MR) is 155 cm³/mol. The van der Waals surface area contributed by atoms with E-state index >= 15 is 0 Å². The zero-order valence-electron chi connectivity index (χ0n) is 22.9. The van der Waals surface area contributed by atoms with Gasteiger partial charge in [-0.2, -0.15) is 0 Å². The van der Waals surface area contributed by atoms with Gasteiger partial charge in [-0.1, -0.05) is 17.7 Å². The molecule has 1 amide bonds. The van der Waals surface area contributed by atoms with Crippen molar-refractivity contribution in [3.05, 3.63) is 52.7 Å². The molecule has 4 heterocycles. The molecule has 212 valence electrons. The Morgan fingerprint density at radius 3 is 2.48 bits per heavy atom. The molecule has 6 rings (SSSR count). The van der Waals surface area contributed by atoms with Crippen molar-refractivity contribution >= 4 is 29.0 Å². The number of aromatic nitrogens is 2. The van der Waals surface area contributed by atoms with Crippen molar-refractivity contribution in [1.82, 2.24) is 25.5 Å². The van der Waals surface area contributed by atoms with Gasteiger partial charge in [-0.15, -0.1) is 0 Å². The second kappa shape index (κ2) is 11.9. The van der Waals surface area contributed by atoms with Crippen LogP contribution in [0.15, 0.2) is 30.6 Å². The Morgan fingerprint density at radius 1 is 1.07 bits per heavy atom. The number of likely N-dealkylation sites (tertiary alicyclic amines) is 1. The maximum atomic E-state index is 12.9. The second-order valence-corrected chi connectivity index (χ2v) is 12.3. The molecule has 1 aromatic heterocycles. The SMILES string of the molecule is [C-]#[N+]c1ccc(OC2CCC(NC(=O)c3cnc(N4CCC5(CC4)CN(C4CCNCC4)C5)cn3)CC2)cc1Cl. The monoisotopic (exact) mass is 563 g/mol. The Labute approximate surface area is 241 Å². The van der Waals surface area contributed by atoms with Gasteiger partial charge < -0.3 is 20.3 Å². The van der Waals surface area contributed by atoms with Gasteiger partial charge in [0.25, 0.3) is 5.91 Å². The van der Waals surface area contributed by atoms with Gasteiger partial charge >= 0.3 is 0 Å². The number of benzene rings is 1. The molecule has 40 heavy (non-hydrogen) atoms. The average molecular weight is 564 g/mol. The van der Waals surface area contributed by atoms with E-state index < -0.39 is 0 Å². The molecule has 4 aliphatic rings. The zero-order valence-corrected chi connectivity index (χ0v) is 23.7. The van der Waals surface area contributed by atoms with Crippen molar-refractivity contribution in [3.8, 4) is 5.75 Å². The van der Waals surface area contributed by atoms with E-state index in [-0.39, 0.29) is 18.1 Å². The first-order chi connectivity index (χ1) is 19.5. The lowest BCUT2D eigenvalue weighted by Crippen LogP contribution is -2.64. The van der Waals surface area contributed by atoms with Crippen LogP contribution in [0.3, 0.4) is 0 Å². The van der Waals surface area contributed by atoms with Crippen molar-refractivity contribution in [1.29, 1.82) is 0 Å². The summed E-state index contributed by atoms with van der Waals surface area (Å²) < 4.78 is 6.07. The number of nitrogens with zero attached hydrogens (tertiary/aromatic N) is 5. The standard InChI is InChI=1S/C30H38ClN7O2/c1-32-26-7-6-24(16-25(26)31)40-23-4-2-21(3-5-23)36-29(39)27-17-35-28(18-34-27)37-14-10-30(11-15-37)19-38(20-30)22-8-12-33-13-9-22/h6-7,16-18,21-23,33H,2-5,8-15,19-20H2,(H,36,39). The molecule has 0 bridgehead atoms. The first kappa shape index (κ1) is 27.3. The minimum atomic E-state index is -0.171. The highest BCUT2D eigenvalue weighted by Gasteiger charge is 2.47. The van der Waals surface area contributed by atoms with E-state index in [1.165, 1.54) is 38.8 Å². The molecule has 3 aliphatic heterocycles. The Bertz CT molecular complexity index is 1220. The summed E-state index contributed by atoms with van der Waals surface area (Å²) >= 11 is 6.13. The third kappa shape index (κ3) is 6.04. The lowest BCUT2D eigenvalue weighted by molar-refractivity contribution is -0.0537. The fourth-order valence-electron chi connectivity index (χ4n) is 6.80. The van der Waals surface area contributed by atoms with Crippen LogP contribution < -0.4 is 20.3 Å². The van der Waals surface area contributed by atoms with Crippen molar-refractivity contribution < 1.29 is 9.53 Å². The van der Waals surface area contributed by atoms with Gasteiger partial charge in [-0.3, -0.25) is 9.69 Å². The van der Waals surface area contributed by atoms with Crippen LogP contribution in [0, 0.1) is 12.0 Å². The fourth-order valence-corrected chi connectivity index (χ4v) is 7.01. The maximum Gasteiger partial charge on any atom is 0.271 e. The number of rotatable bonds is 6. The first-order valence-corrected chi connectivity index (χ1v) is 15.0. The highest BCUT2D eigenvalue weighted by atomic mass is 35.5. The Kier molecular flexibility index (Phi) is 8.10. The van der Waals surface area contributed by atoms with E-state index in [0.717, 1.165) is 63.7 Å². The third-order valence-corrected chi connectivity index (χ3v) is 9.58. The summed E-state index contributed by atoms with van der Waals surface area (Å²) in [5.74, 6) is 1.37.